The van der Waals surface area contributed by atoms with E-state index >= 15 is 0 Å². The number of hydrazine groups is 1. The number of likely N-dealkylation sites (N-methyl/N-ethyl adjacent to an activating group) is 1. The lowest BCUT2D eigenvalue weighted by Crippen LogP contribution is -2.40. The minimum absolute atomic E-state index is 0.309. The zero-order valence-electron chi connectivity index (χ0n) is 12.3. The van der Waals surface area contributed by atoms with Crippen LogP contribution in [0.25, 0.3) is 0 Å². The summed E-state index contributed by atoms with van der Waals surface area (Å²) in [6.45, 7) is 0.508. The summed E-state index contributed by atoms with van der Waals surface area (Å²) in [6.07, 6.45) is 3.79. The van der Waals surface area contributed by atoms with Crippen molar-refractivity contribution in [3.05, 3.63) is 0 Å². The molecule has 0 bridgehead atoms. The average Bonchev–Trinajstić information content (AvgIpc) is 2.84. The second-order valence-corrected chi connectivity index (χ2v) is 5.59. The van der Waals surface area contributed by atoms with Crippen molar-refractivity contribution in [1.29, 1.82) is 0 Å². The summed E-state index contributed by atoms with van der Waals surface area (Å²) in [7, 11) is 5.57. The van der Waals surface area contributed by atoms with Gasteiger partial charge >= 0.3 is 0 Å². The molecule has 0 aliphatic heterocycles. The number of anilines is 3. The predicted molar refractivity (Wildman–Crippen MR) is 78.7 cm³/mol. The van der Waals surface area contributed by atoms with Crippen molar-refractivity contribution in [2.24, 2.45) is 5.84 Å². The summed E-state index contributed by atoms with van der Waals surface area (Å²) in [4.78, 5) is 16.4. The molecule has 1 aliphatic carbocycles. The minimum atomic E-state index is -0.643. The van der Waals surface area contributed by atoms with E-state index in [0.29, 0.717) is 24.4 Å². The lowest BCUT2D eigenvalue weighted by atomic mass is 10.0. The summed E-state index contributed by atoms with van der Waals surface area (Å²) < 4.78 is 0. The van der Waals surface area contributed by atoms with Crippen LogP contribution in [0.4, 0.5) is 17.8 Å². The van der Waals surface area contributed by atoms with Gasteiger partial charge in [-0.15, -0.1) is 0 Å². The number of aliphatic hydroxyl groups is 1. The third-order valence-corrected chi connectivity index (χ3v) is 3.55. The molecule has 0 aromatic carbocycles. The molecule has 20 heavy (non-hydrogen) atoms. The van der Waals surface area contributed by atoms with E-state index < -0.39 is 5.60 Å². The van der Waals surface area contributed by atoms with E-state index in [1.807, 2.05) is 26.0 Å². The van der Waals surface area contributed by atoms with Crippen LogP contribution in [0, 0.1) is 0 Å². The van der Waals surface area contributed by atoms with Crippen molar-refractivity contribution >= 4 is 17.8 Å². The topological polar surface area (TPSA) is 103 Å². The highest BCUT2D eigenvalue weighted by Gasteiger charge is 2.33. The number of rotatable bonds is 5. The summed E-state index contributed by atoms with van der Waals surface area (Å²) in [5, 5.41) is 10.5. The Labute approximate surface area is 119 Å². The van der Waals surface area contributed by atoms with Crippen molar-refractivity contribution in [3.63, 3.8) is 0 Å². The Morgan fingerprint density at radius 2 is 1.75 bits per heavy atom. The van der Waals surface area contributed by atoms with E-state index in [1.54, 1.807) is 4.90 Å². The lowest BCUT2D eigenvalue weighted by Gasteiger charge is -2.29. The Morgan fingerprint density at radius 3 is 2.30 bits per heavy atom. The Balaban J connectivity index is 2.19. The molecule has 1 heterocycles. The van der Waals surface area contributed by atoms with Gasteiger partial charge in [-0.05, 0) is 12.8 Å². The van der Waals surface area contributed by atoms with Crippen LogP contribution in [0.1, 0.15) is 25.7 Å². The predicted octanol–water partition coefficient (Wildman–Crippen LogP) is -0.0355. The molecular formula is C12H23N7O. The van der Waals surface area contributed by atoms with Gasteiger partial charge in [-0.3, -0.25) is 5.43 Å². The van der Waals surface area contributed by atoms with E-state index in [4.69, 9.17) is 5.84 Å². The van der Waals surface area contributed by atoms with Gasteiger partial charge in [0.05, 0.1) is 5.60 Å². The molecule has 1 saturated carbocycles. The number of nitrogen functional groups attached to an aromatic ring is 1. The fraction of sp³-hybridized carbons (Fsp3) is 0.750. The second kappa shape index (κ2) is 5.76. The monoisotopic (exact) mass is 281 g/mol. The van der Waals surface area contributed by atoms with Crippen LogP contribution in [0.5, 0.6) is 0 Å². The third-order valence-electron chi connectivity index (χ3n) is 3.55. The van der Waals surface area contributed by atoms with E-state index in [2.05, 4.69) is 20.4 Å². The molecule has 0 radical (unpaired) electrons. The highest BCUT2D eigenvalue weighted by molar-refractivity contribution is 5.43. The molecule has 1 aromatic rings. The molecule has 2 rings (SSSR count). The molecule has 1 aromatic heterocycles. The first-order chi connectivity index (χ1) is 9.43. The molecule has 0 atom stereocenters. The van der Waals surface area contributed by atoms with Crippen LogP contribution in [0.2, 0.25) is 0 Å². The number of nitrogens with zero attached hydrogens (tertiary/aromatic N) is 5. The summed E-state index contributed by atoms with van der Waals surface area (Å²) in [5.41, 5.74) is 1.80. The first-order valence-corrected chi connectivity index (χ1v) is 6.77. The van der Waals surface area contributed by atoms with E-state index in [9.17, 15) is 5.11 Å². The fourth-order valence-corrected chi connectivity index (χ4v) is 2.49. The summed E-state index contributed by atoms with van der Waals surface area (Å²) >= 11 is 0. The first-order valence-electron chi connectivity index (χ1n) is 6.77. The van der Waals surface area contributed by atoms with Gasteiger partial charge in [-0.2, -0.15) is 15.0 Å². The number of nitrogens with one attached hydrogen (secondary N) is 1. The quantitative estimate of drug-likeness (QED) is 0.510. The van der Waals surface area contributed by atoms with Crippen LogP contribution in [0.15, 0.2) is 0 Å². The standard InChI is InChI=1S/C12H23N7O/c1-18(2)10-14-9(17-13)15-11(16-10)19(3)8-12(20)6-4-5-7-12/h20H,4-8,13H2,1-3H3,(H,14,15,16,17). The van der Waals surface area contributed by atoms with Crippen LogP contribution in [-0.2, 0) is 0 Å². The zero-order valence-corrected chi connectivity index (χ0v) is 12.3. The maximum atomic E-state index is 10.5. The van der Waals surface area contributed by atoms with Crippen molar-refractivity contribution < 1.29 is 5.11 Å². The molecular weight excluding hydrogens is 258 g/mol. The Bertz CT molecular complexity index is 459. The smallest absolute Gasteiger partial charge is 0.243 e. The normalized spacial score (nSPS) is 17.1. The number of hydrogen-bond acceptors (Lipinski definition) is 8. The molecule has 1 aliphatic rings. The molecule has 4 N–H and O–H groups in total. The van der Waals surface area contributed by atoms with Gasteiger partial charge in [-0.1, -0.05) is 12.8 Å². The molecule has 0 spiro atoms. The molecule has 0 unspecified atom stereocenters. The van der Waals surface area contributed by atoms with E-state index in [-0.39, 0.29) is 0 Å². The van der Waals surface area contributed by atoms with Gasteiger partial charge in [0.15, 0.2) is 0 Å². The average molecular weight is 281 g/mol. The minimum Gasteiger partial charge on any atom is -0.388 e. The van der Waals surface area contributed by atoms with Crippen molar-refractivity contribution in [3.8, 4) is 0 Å². The van der Waals surface area contributed by atoms with Gasteiger partial charge in [-0.25, -0.2) is 5.84 Å². The number of nitrogens with two attached hydrogens (primary N) is 1. The molecule has 0 saturated heterocycles. The number of hydrogen-bond donors (Lipinski definition) is 3. The first kappa shape index (κ1) is 14.7. The Morgan fingerprint density at radius 1 is 1.15 bits per heavy atom. The molecule has 112 valence electrons. The van der Waals surface area contributed by atoms with Gasteiger partial charge in [0, 0.05) is 27.7 Å². The van der Waals surface area contributed by atoms with Crippen LogP contribution < -0.4 is 21.1 Å². The highest BCUT2D eigenvalue weighted by atomic mass is 16.3. The molecule has 0 amide bonds. The number of aromatic nitrogens is 3. The van der Waals surface area contributed by atoms with Gasteiger partial charge in [0.2, 0.25) is 17.8 Å². The van der Waals surface area contributed by atoms with Crippen LogP contribution >= 0.6 is 0 Å². The fourth-order valence-electron chi connectivity index (χ4n) is 2.49. The maximum absolute atomic E-state index is 10.5. The molecule has 8 heteroatoms. The maximum Gasteiger partial charge on any atom is 0.243 e. The van der Waals surface area contributed by atoms with E-state index in [1.165, 1.54) is 0 Å². The third kappa shape index (κ3) is 3.26. The van der Waals surface area contributed by atoms with Crippen molar-refractivity contribution in [2.45, 2.75) is 31.3 Å². The summed E-state index contributed by atoms with van der Waals surface area (Å²) in [5.74, 6) is 6.72. The van der Waals surface area contributed by atoms with Crippen molar-refractivity contribution in [1.82, 2.24) is 15.0 Å². The molecule has 8 nitrogen and oxygen atoms in total. The molecule has 1 fully saturated rings. The largest absolute Gasteiger partial charge is 0.388 e. The van der Waals surface area contributed by atoms with Gasteiger partial charge < -0.3 is 14.9 Å². The lowest BCUT2D eigenvalue weighted by molar-refractivity contribution is 0.0556. The van der Waals surface area contributed by atoms with Crippen LogP contribution in [-0.4, -0.2) is 53.3 Å². The second-order valence-electron chi connectivity index (χ2n) is 5.59. The zero-order chi connectivity index (χ0) is 14.8. The van der Waals surface area contributed by atoms with Crippen LogP contribution in [0.3, 0.4) is 0 Å². The van der Waals surface area contributed by atoms with Crippen molar-refractivity contribution in [2.75, 3.05) is 42.9 Å². The Kier molecular flexibility index (Phi) is 4.24. The SMILES string of the molecule is CN(C)c1nc(NN)nc(N(C)CC2(O)CCCC2)n1. The van der Waals surface area contributed by atoms with E-state index in [0.717, 1.165) is 25.7 Å². The van der Waals surface area contributed by atoms with Gasteiger partial charge in [0.1, 0.15) is 0 Å². The summed E-state index contributed by atoms with van der Waals surface area (Å²) in [6, 6.07) is 0. The Hall–Kier alpha value is -1.67. The van der Waals surface area contributed by atoms with Gasteiger partial charge in [0.25, 0.3) is 0 Å². The highest BCUT2D eigenvalue weighted by Crippen LogP contribution is 2.30.